The number of carbonyl (C=O) groups is 1. The molecular weight excluding hydrogens is 224 g/mol. The van der Waals surface area contributed by atoms with E-state index < -0.39 is 0 Å². The Kier molecular flexibility index (Phi) is 4.23. The molecule has 2 rings (SSSR count). The van der Waals surface area contributed by atoms with Gasteiger partial charge in [-0.3, -0.25) is 9.69 Å². The standard InChI is InChI=1S/C15H24N2O/c1-4-7-17-8-5-6-12-10-15(18)13(9-14(12)17)11-16(2)3/h4,11-12,14H,1,5-10H2,2-3H3/b13-11-. The van der Waals surface area contributed by atoms with E-state index in [4.69, 9.17) is 0 Å². The second-order valence-corrected chi connectivity index (χ2v) is 5.70. The van der Waals surface area contributed by atoms with Crippen molar-refractivity contribution in [3.8, 4) is 0 Å². The summed E-state index contributed by atoms with van der Waals surface area (Å²) in [5.41, 5.74) is 0.997. The summed E-state index contributed by atoms with van der Waals surface area (Å²) < 4.78 is 0. The lowest BCUT2D eigenvalue weighted by molar-refractivity contribution is -0.119. The summed E-state index contributed by atoms with van der Waals surface area (Å²) in [4.78, 5) is 16.6. The molecule has 0 amide bonds. The molecule has 1 heterocycles. The van der Waals surface area contributed by atoms with Crippen molar-refractivity contribution in [3.63, 3.8) is 0 Å². The van der Waals surface area contributed by atoms with Gasteiger partial charge in [0.2, 0.25) is 0 Å². The molecule has 0 aromatic heterocycles. The summed E-state index contributed by atoms with van der Waals surface area (Å²) in [7, 11) is 3.96. The molecule has 100 valence electrons. The predicted molar refractivity (Wildman–Crippen MR) is 74.3 cm³/mol. The van der Waals surface area contributed by atoms with Gasteiger partial charge in [0.1, 0.15) is 0 Å². The molecule has 0 aromatic carbocycles. The number of likely N-dealkylation sites (tertiary alicyclic amines) is 1. The van der Waals surface area contributed by atoms with Crippen molar-refractivity contribution in [3.05, 3.63) is 24.4 Å². The lowest BCUT2D eigenvalue weighted by Crippen LogP contribution is -2.48. The van der Waals surface area contributed by atoms with Gasteiger partial charge in [-0.05, 0) is 31.7 Å². The van der Waals surface area contributed by atoms with Gasteiger partial charge in [-0.25, -0.2) is 0 Å². The van der Waals surface area contributed by atoms with E-state index in [-0.39, 0.29) is 0 Å². The molecule has 0 N–H and O–H groups in total. The first-order valence-corrected chi connectivity index (χ1v) is 6.87. The minimum atomic E-state index is 0.352. The number of hydrogen-bond donors (Lipinski definition) is 0. The molecule has 0 aromatic rings. The van der Waals surface area contributed by atoms with Crippen LogP contribution in [-0.2, 0) is 4.79 Å². The number of Topliss-reactive ketones (excluding diaryl/α,β-unsaturated/α-hetero) is 1. The summed E-state index contributed by atoms with van der Waals surface area (Å²) in [5, 5.41) is 0. The highest BCUT2D eigenvalue weighted by Crippen LogP contribution is 2.36. The fourth-order valence-corrected chi connectivity index (χ4v) is 3.28. The number of rotatable bonds is 3. The number of nitrogens with zero attached hydrogens (tertiary/aromatic N) is 2. The van der Waals surface area contributed by atoms with E-state index in [1.807, 2.05) is 31.3 Å². The fourth-order valence-electron chi connectivity index (χ4n) is 3.28. The largest absolute Gasteiger partial charge is 0.383 e. The summed E-state index contributed by atoms with van der Waals surface area (Å²) in [6.07, 6.45) is 8.05. The zero-order valence-electron chi connectivity index (χ0n) is 11.6. The summed E-state index contributed by atoms with van der Waals surface area (Å²) in [6, 6.07) is 0.542. The van der Waals surface area contributed by atoms with Gasteiger partial charge < -0.3 is 4.90 Å². The van der Waals surface area contributed by atoms with Crippen molar-refractivity contribution >= 4 is 5.78 Å². The molecule has 2 fully saturated rings. The molecule has 1 aliphatic heterocycles. The summed E-state index contributed by atoms with van der Waals surface area (Å²) >= 11 is 0. The van der Waals surface area contributed by atoms with E-state index in [9.17, 15) is 4.79 Å². The van der Waals surface area contributed by atoms with Gasteiger partial charge in [-0.2, -0.15) is 0 Å². The number of carbonyl (C=O) groups excluding carboxylic acids is 1. The van der Waals surface area contributed by atoms with E-state index in [2.05, 4.69) is 11.5 Å². The van der Waals surface area contributed by atoms with Gasteiger partial charge in [0.15, 0.2) is 5.78 Å². The topological polar surface area (TPSA) is 23.6 Å². The van der Waals surface area contributed by atoms with Crippen LogP contribution < -0.4 is 0 Å². The lowest BCUT2D eigenvalue weighted by Gasteiger charge is -2.44. The first-order valence-electron chi connectivity index (χ1n) is 6.87. The van der Waals surface area contributed by atoms with Crippen molar-refractivity contribution in [2.24, 2.45) is 5.92 Å². The normalized spacial score (nSPS) is 31.2. The van der Waals surface area contributed by atoms with Crippen LogP contribution in [0.4, 0.5) is 0 Å². The lowest BCUT2D eigenvalue weighted by atomic mass is 9.75. The Labute approximate surface area is 110 Å². The third-order valence-electron chi connectivity index (χ3n) is 4.05. The van der Waals surface area contributed by atoms with Crippen LogP contribution in [-0.4, -0.2) is 48.8 Å². The first-order chi connectivity index (χ1) is 8.61. The third kappa shape index (κ3) is 2.83. The zero-order valence-corrected chi connectivity index (χ0v) is 11.6. The maximum atomic E-state index is 12.1. The molecule has 0 spiro atoms. The fraction of sp³-hybridized carbons (Fsp3) is 0.667. The van der Waals surface area contributed by atoms with Crippen LogP contribution in [0.5, 0.6) is 0 Å². The number of piperidine rings is 1. The summed E-state index contributed by atoms with van der Waals surface area (Å²) in [5.74, 6) is 0.913. The molecule has 2 atom stereocenters. The highest BCUT2D eigenvalue weighted by atomic mass is 16.1. The van der Waals surface area contributed by atoms with Gasteiger partial charge in [0, 0.05) is 44.9 Å². The van der Waals surface area contributed by atoms with Gasteiger partial charge in [-0.15, -0.1) is 6.58 Å². The first kappa shape index (κ1) is 13.3. The van der Waals surface area contributed by atoms with Gasteiger partial charge in [0.25, 0.3) is 0 Å². The molecule has 0 radical (unpaired) electrons. The Hall–Kier alpha value is -1.09. The maximum absolute atomic E-state index is 12.1. The third-order valence-corrected chi connectivity index (χ3v) is 4.05. The average molecular weight is 248 g/mol. The average Bonchev–Trinajstić information content (AvgIpc) is 2.31. The molecule has 2 unspecified atom stereocenters. The van der Waals surface area contributed by atoms with Gasteiger partial charge >= 0.3 is 0 Å². The Morgan fingerprint density at radius 3 is 2.89 bits per heavy atom. The van der Waals surface area contributed by atoms with E-state index in [1.54, 1.807) is 0 Å². The van der Waals surface area contributed by atoms with Crippen molar-refractivity contribution in [2.45, 2.75) is 31.7 Å². The number of fused-ring (bicyclic) bond motifs is 1. The van der Waals surface area contributed by atoms with Gasteiger partial charge in [0.05, 0.1) is 0 Å². The minimum Gasteiger partial charge on any atom is -0.383 e. The van der Waals surface area contributed by atoms with Crippen molar-refractivity contribution in [1.29, 1.82) is 0 Å². The molecule has 0 bridgehead atoms. The van der Waals surface area contributed by atoms with Crippen LogP contribution in [0.1, 0.15) is 25.7 Å². The Morgan fingerprint density at radius 1 is 1.44 bits per heavy atom. The second kappa shape index (κ2) is 5.70. The Bertz CT molecular complexity index is 354. The minimum absolute atomic E-state index is 0.352. The Balaban J connectivity index is 2.14. The monoisotopic (exact) mass is 248 g/mol. The van der Waals surface area contributed by atoms with Crippen LogP contribution in [0.15, 0.2) is 24.4 Å². The van der Waals surface area contributed by atoms with E-state index in [0.29, 0.717) is 17.7 Å². The maximum Gasteiger partial charge on any atom is 0.160 e. The highest BCUT2D eigenvalue weighted by molar-refractivity contribution is 5.96. The molecular formula is C15H24N2O. The SMILES string of the molecule is C=CCN1CCCC2CC(=O)/C(=C\N(C)C)CC21. The smallest absolute Gasteiger partial charge is 0.160 e. The number of hydrogen-bond acceptors (Lipinski definition) is 3. The Morgan fingerprint density at radius 2 is 2.22 bits per heavy atom. The van der Waals surface area contributed by atoms with Crippen LogP contribution in [0.25, 0.3) is 0 Å². The van der Waals surface area contributed by atoms with Crippen molar-refractivity contribution in [1.82, 2.24) is 9.80 Å². The molecule has 3 heteroatoms. The molecule has 1 aliphatic carbocycles. The van der Waals surface area contributed by atoms with E-state index in [0.717, 1.165) is 31.5 Å². The molecule has 1 saturated carbocycles. The van der Waals surface area contributed by atoms with Gasteiger partial charge in [-0.1, -0.05) is 6.08 Å². The molecule has 18 heavy (non-hydrogen) atoms. The van der Waals surface area contributed by atoms with Crippen LogP contribution in [0.2, 0.25) is 0 Å². The molecule has 3 nitrogen and oxygen atoms in total. The number of ketones is 1. The van der Waals surface area contributed by atoms with Crippen LogP contribution in [0, 0.1) is 5.92 Å². The predicted octanol–water partition coefficient (Wildman–Crippen LogP) is 2.06. The second-order valence-electron chi connectivity index (χ2n) is 5.70. The summed E-state index contributed by atoms with van der Waals surface area (Å²) in [6.45, 7) is 5.94. The van der Waals surface area contributed by atoms with Crippen molar-refractivity contribution in [2.75, 3.05) is 27.2 Å². The molecule has 1 saturated heterocycles. The van der Waals surface area contributed by atoms with E-state index >= 15 is 0 Å². The van der Waals surface area contributed by atoms with Crippen LogP contribution in [0.3, 0.4) is 0 Å². The van der Waals surface area contributed by atoms with Crippen LogP contribution >= 0.6 is 0 Å². The zero-order chi connectivity index (χ0) is 13.1. The quantitative estimate of drug-likeness (QED) is 0.564. The highest BCUT2D eigenvalue weighted by Gasteiger charge is 2.37. The van der Waals surface area contributed by atoms with E-state index in [1.165, 1.54) is 12.8 Å². The van der Waals surface area contributed by atoms with Crippen molar-refractivity contribution < 1.29 is 4.79 Å². The molecule has 2 aliphatic rings.